The molecule has 0 aliphatic heterocycles. The van der Waals surface area contributed by atoms with Gasteiger partial charge in [-0.05, 0) is 42.3 Å². The average molecular weight is 339 g/mol. The van der Waals surface area contributed by atoms with E-state index in [2.05, 4.69) is 4.99 Å². The molecule has 1 aromatic heterocycles. The van der Waals surface area contributed by atoms with Gasteiger partial charge in [0.25, 0.3) is 0 Å². The van der Waals surface area contributed by atoms with E-state index in [4.69, 9.17) is 4.74 Å². The van der Waals surface area contributed by atoms with Gasteiger partial charge < -0.3 is 9.84 Å². The van der Waals surface area contributed by atoms with Crippen LogP contribution in [-0.2, 0) is 4.74 Å². The lowest BCUT2D eigenvalue weighted by Gasteiger charge is -2.04. The van der Waals surface area contributed by atoms with Crippen LogP contribution in [0.3, 0.4) is 0 Å². The van der Waals surface area contributed by atoms with Gasteiger partial charge in [-0.25, -0.2) is 9.79 Å². The third-order valence-corrected chi connectivity index (χ3v) is 4.76. The Kier molecular flexibility index (Phi) is 4.62. The summed E-state index contributed by atoms with van der Waals surface area (Å²) < 4.78 is 5.04. The number of phenolic OH excluding ortho intramolecular Hbond substituents is 1. The van der Waals surface area contributed by atoms with Crippen LogP contribution in [0.4, 0.5) is 5.00 Å². The summed E-state index contributed by atoms with van der Waals surface area (Å²) in [7, 11) is 0. The van der Waals surface area contributed by atoms with Gasteiger partial charge in [0, 0.05) is 11.8 Å². The van der Waals surface area contributed by atoms with Crippen LogP contribution in [0.25, 0.3) is 10.8 Å². The van der Waals surface area contributed by atoms with E-state index in [0.717, 1.165) is 16.3 Å². The number of fused-ring (bicyclic) bond motifs is 1. The van der Waals surface area contributed by atoms with Crippen molar-refractivity contribution >= 4 is 39.3 Å². The molecule has 0 aliphatic rings. The van der Waals surface area contributed by atoms with Gasteiger partial charge in [0.15, 0.2) is 0 Å². The fraction of sp³-hybridized carbons (Fsp3) is 0.158. The van der Waals surface area contributed by atoms with Crippen LogP contribution in [-0.4, -0.2) is 23.9 Å². The number of ether oxygens (including phenoxy) is 1. The quantitative estimate of drug-likeness (QED) is 0.546. The summed E-state index contributed by atoms with van der Waals surface area (Å²) in [4.78, 5) is 16.9. The fourth-order valence-corrected chi connectivity index (χ4v) is 3.39. The molecule has 3 aromatic rings. The van der Waals surface area contributed by atoms with Crippen LogP contribution >= 0.6 is 11.3 Å². The monoisotopic (exact) mass is 339 g/mol. The number of hydrogen-bond donors (Lipinski definition) is 1. The maximum atomic E-state index is 11.9. The van der Waals surface area contributed by atoms with Gasteiger partial charge >= 0.3 is 5.97 Å². The number of rotatable bonds is 4. The number of benzene rings is 2. The highest BCUT2D eigenvalue weighted by atomic mass is 32.1. The maximum absolute atomic E-state index is 11.9. The van der Waals surface area contributed by atoms with Crippen molar-refractivity contribution in [3.8, 4) is 5.75 Å². The number of nitrogens with zero attached hydrogens (tertiary/aromatic N) is 1. The molecule has 0 saturated heterocycles. The molecule has 3 rings (SSSR count). The molecule has 0 saturated carbocycles. The largest absolute Gasteiger partial charge is 0.507 e. The summed E-state index contributed by atoms with van der Waals surface area (Å²) in [6.45, 7) is 3.99. The second-order valence-electron chi connectivity index (χ2n) is 5.29. The number of aryl methyl sites for hydroxylation is 1. The predicted octanol–water partition coefficient (Wildman–Crippen LogP) is 4.84. The van der Waals surface area contributed by atoms with Gasteiger partial charge in [-0.3, -0.25) is 0 Å². The minimum atomic E-state index is -0.325. The SMILES string of the molecule is CCOC(=O)c1sc(/N=C/c2c(O)ccc3ccccc23)cc1C. The molecule has 0 amide bonds. The zero-order valence-electron chi connectivity index (χ0n) is 13.4. The van der Waals surface area contributed by atoms with Crippen molar-refractivity contribution in [2.24, 2.45) is 4.99 Å². The third kappa shape index (κ3) is 3.16. The maximum Gasteiger partial charge on any atom is 0.348 e. The van der Waals surface area contributed by atoms with Crippen molar-refractivity contribution in [2.45, 2.75) is 13.8 Å². The number of phenols is 1. The Morgan fingerprint density at radius 1 is 1.29 bits per heavy atom. The van der Waals surface area contributed by atoms with E-state index in [0.29, 0.717) is 22.0 Å². The molecule has 24 heavy (non-hydrogen) atoms. The number of hydrogen-bond acceptors (Lipinski definition) is 5. The van der Waals surface area contributed by atoms with Gasteiger partial charge in [-0.2, -0.15) is 0 Å². The van der Waals surface area contributed by atoms with Gasteiger partial charge in [0.1, 0.15) is 15.6 Å². The molecular weight excluding hydrogens is 322 g/mol. The fourth-order valence-electron chi connectivity index (χ4n) is 2.48. The van der Waals surface area contributed by atoms with Crippen LogP contribution in [0, 0.1) is 6.92 Å². The molecule has 0 spiro atoms. The van der Waals surface area contributed by atoms with Crippen molar-refractivity contribution in [1.29, 1.82) is 0 Å². The van der Waals surface area contributed by atoms with E-state index >= 15 is 0 Å². The number of aromatic hydroxyl groups is 1. The zero-order chi connectivity index (χ0) is 17.1. The molecule has 2 aromatic carbocycles. The second kappa shape index (κ2) is 6.84. The highest BCUT2D eigenvalue weighted by Crippen LogP contribution is 2.31. The Morgan fingerprint density at radius 2 is 2.08 bits per heavy atom. The molecular formula is C19H17NO3S. The smallest absolute Gasteiger partial charge is 0.348 e. The van der Waals surface area contributed by atoms with Crippen LogP contribution < -0.4 is 0 Å². The molecule has 1 N–H and O–H groups in total. The minimum absolute atomic E-state index is 0.177. The summed E-state index contributed by atoms with van der Waals surface area (Å²) in [5, 5.41) is 12.8. The van der Waals surface area contributed by atoms with Crippen LogP contribution in [0.1, 0.15) is 27.7 Å². The minimum Gasteiger partial charge on any atom is -0.507 e. The first-order valence-electron chi connectivity index (χ1n) is 7.62. The van der Waals surface area contributed by atoms with Gasteiger partial charge in [-0.15, -0.1) is 11.3 Å². The van der Waals surface area contributed by atoms with Gasteiger partial charge in [-0.1, -0.05) is 30.3 Å². The number of aliphatic imine (C=N–C) groups is 1. The van der Waals surface area contributed by atoms with E-state index in [1.54, 1.807) is 19.2 Å². The lowest BCUT2D eigenvalue weighted by atomic mass is 10.0. The van der Waals surface area contributed by atoms with E-state index in [1.807, 2.05) is 43.3 Å². The molecule has 0 bridgehead atoms. The Bertz CT molecular complexity index is 928. The number of thiophene rings is 1. The van der Waals surface area contributed by atoms with Gasteiger partial charge in [0.05, 0.1) is 6.61 Å². The van der Waals surface area contributed by atoms with Crippen molar-refractivity contribution < 1.29 is 14.6 Å². The number of carbonyl (C=O) groups excluding carboxylic acids is 1. The Balaban J connectivity index is 1.96. The molecule has 122 valence electrons. The summed E-state index contributed by atoms with van der Waals surface area (Å²) in [6.07, 6.45) is 1.64. The van der Waals surface area contributed by atoms with Crippen LogP contribution in [0.5, 0.6) is 5.75 Å². The van der Waals surface area contributed by atoms with Crippen molar-refractivity contribution in [1.82, 2.24) is 0 Å². The van der Waals surface area contributed by atoms with Crippen molar-refractivity contribution in [2.75, 3.05) is 6.61 Å². The molecule has 4 nitrogen and oxygen atoms in total. The lowest BCUT2D eigenvalue weighted by molar-refractivity contribution is 0.0531. The summed E-state index contributed by atoms with van der Waals surface area (Å²) in [5.41, 5.74) is 1.50. The third-order valence-electron chi connectivity index (χ3n) is 3.63. The standard InChI is InChI=1S/C19H17NO3S/c1-3-23-19(22)18-12(2)10-17(24-18)20-11-15-14-7-5-4-6-13(14)8-9-16(15)21/h4-11,21H,3H2,1-2H3/b20-11+. The summed E-state index contributed by atoms with van der Waals surface area (Å²) in [6, 6.07) is 13.2. The molecule has 1 heterocycles. The number of esters is 1. The molecule has 0 aliphatic carbocycles. The van der Waals surface area contributed by atoms with Crippen LogP contribution in [0.2, 0.25) is 0 Å². The summed E-state index contributed by atoms with van der Waals surface area (Å²) >= 11 is 1.28. The van der Waals surface area contributed by atoms with E-state index in [9.17, 15) is 9.90 Å². The predicted molar refractivity (Wildman–Crippen MR) is 97.9 cm³/mol. The normalized spacial score (nSPS) is 11.2. The Hall–Kier alpha value is -2.66. The first kappa shape index (κ1) is 16.2. The molecule has 5 heteroatoms. The highest BCUT2D eigenvalue weighted by molar-refractivity contribution is 7.17. The zero-order valence-corrected chi connectivity index (χ0v) is 14.3. The van der Waals surface area contributed by atoms with E-state index in [-0.39, 0.29) is 11.7 Å². The van der Waals surface area contributed by atoms with Crippen molar-refractivity contribution in [3.05, 3.63) is 58.5 Å². The van der Waals surface area contributed by atoms with E-state index < -0.39 is 0 Å². The molecule has 0 radical (unpaired) electrons. The highest BCUT2D eigenvalue weighted by Gasteiger charge is 2.14. The Labute approximate surface area is 144 Å². The number of carbonyl (C=O) groups is 1. The molecule has 0 unspecified atom stereocenters. The average Bonchev–Trinajstić information content (AvgIpc) is 2.95. The summed E-state index contributed by atoms with van der Waals surface area (Å²) in [5.74, 6) is -0.147. The van der Waals surface area contributed by atoms with Gasteiger partial charge in [0.2, 0.25) is 0 Å². The van der Waals surface area contributed by atoms with Crippen molar-refractivity contribution in [3.63, 3.8) is 0 Å². The van der Waals surface area contributed by atoms with E-state index in [1.165, 1.54) is 11.3 Å². The topological polar surface area (TPSA) is 58.9 Å². The lowest BCUT2D eigenvalue weighted by Crippen LogP contribution is -2.03. The first-order valence-corrected chi connectivity index (χ1v) is 8.44. The molecule has 0 atom stereocenters. The Morgan fingerprint density at radius 3 is 2.88 bits per heavy atom. The second-order valence-corrected chi connectivity index (χ2v) is 6.33. The molecule has 0 fully saturated rings. The van der Waals surface area contributed by atoms with Crippen LogP contribution in [0.15, 0.2) is 47.5 Å². The first-order chi connectivity index (χ1) is 11.6.